The van der Waals surface area contributed by atoms with Gasteiger partial charge in [0.1, 0.15) is 12.3 Å². The number of carbonyl (C=O) groups is 1. The average Bonchev–Trinajstić information content (AvgIpc) is 2.60. The molecule has 2 N–H and O–H groups in total. The van der Waals surface area contributed by atoms with Crippen molar-refractivity contribution >= 4 is 11.9 Å². The van der Waals surface area contributed by atoms with E-state index in [4.69, 9.17) is 4.74 Å². The molecule has 0 unspecified atom stereocenters. The summed E-state index contributed by atoms with van der Waals surface area (Å²) in [6.07, 6.45) is 1.75. The predicted octanol–water partition coefficient (Wildman–Crippen LogP) is 1.78. The molecule has 1 rings (SSSR count). The minimum Gasteiger partial charge on any atom is -0.497 e. The van der Waals surface area contributed by atoms with Gasteiger partial charge >= 0.3 is 0 Å². The van der Waals surface area contributed by atoms with E-state index in [1.165, 1.54) is 4.90 Å². The molecule has 0 atom stereocenters. The number of carbonyl (C=O) groups excluding carboxylic acids is 1. The van der Waals surface area contributed by atoms with Gasteiger partial charge in [-0.15, -0.1) is 6.58 Å². The fourth-order valence-electron chi connectivity index (χ4n) is 2.08. The van der Waals surface area contributed by atoms with E-state index in [0.29, 0.717) is 19.0 Å². The molecule has 0 bridgehead atoms. The maximum absolute atomic E-state index is 11.7. The van der Waals surface area contributed by atoms with Crippen molar-refractivity contribution in [1.82, 2.24) is 15.5 Å². The third-order valence-corrected chi connectivity index (χ3v) is 3.83. The van der Waals surface area contributed by atoms with Gasteiger partial charge in [0.25, 0.3) is 0 Å². The molecule has 25 heavy (non-hydrogen) atoms. The Morgan fingerprint density at radius 2 is 2.08 bits per heavy atom. The lowest BCUT2D eigenvalue weighted by Crippen LogP contribution is -2.44. The second-order valence-electron chi connectivity index (χ2n) is 6.59. The van der Waals surface area contributed by atoms with Gasteiger partial charge in [0.2, 0.25) is 5.91 Å². The minimum absolute atomic E-state index is 0.0493. The van der Waals surface area contributed by atoms with E-state index in [1.807, 2.05) is 18.2 Å². The highest BCUT2D eigenvalue weighted by atomic mass is 16.5. The highest BCUT2D eigenvalue weighted by Gasteiger charge is 2.21. The van der Waals surface area contributed by atoms with E-state index >= 15 is 0 Å². The van der Waals surface area contributed by atoms with Crippen LogP contribution in [0.25, 0.3) is 0 Å². The molecular weight excluding hydrogens is 316 g/mol. The molecule has 0 aromatic heterocycles. The molecule has 1 aromatic carbocycles. The normalized spacial score (nSPS) is 11.6. The first-order valence-corrected chi connectivity index (χ1v) is 8.28. The van der Waals surface area contributed by atoms with Crippen LogP contribution in [0.5, 0.6) is 5.75 Å². The number of ether oxygens (including phenoxy) is 1. The number of methoxy groups -OCH3 is 1. The number of hydrogen-bond donors (Lipinski definition) is 2. The van der Waals surface area contributed by atoms with Gasteiger partial charge in [0.05, 0.1) is 7.11 Å². The standard InChI is InChI=1S/C19H30N4O2/c1-7-11-20-18(21-13-17(24)23(4)5)22-14-19(2,3)15-9-8-10-16(12-15)25-6/h7-10,12H,1,11,13-14H2,2-6H3,(H2,20,21,22). The fourth-order valence-corrected chi connectivity index (χ4v) is 2.08. The quantitative estimate of drug-likeness (QED) is 0.428. The number of hydrogen-bond acceptors (Lipinski definition) is 3. The molecule has 0 aliphatic carbocycles. The second kappa shape index (κ2) is 9.71. The van der Waals surface area contributed by atoms with Gasteiger partial charge in [-0.05, 0) is 17.7 Å². The zero-order chi connectivity index (χ0) is 18.9. The summed E-state index contributed by atoms with van der Waals surface area (Å²) in [6.45, 7) is 9.30. The lowest BCUT2D eigenvalue weighted by molar-refractivity contribution is -0.127. The van der Waals surface area contributed by atoms with Crippen LogP contribution in [-0.2, 0) is 10.2 Å². The van der Waals surface area contributed by atoms with Crippen LogP contribution in [0.1, 0.15) is 19.4 Å². The SMILES string of the molecule is C=CCNC(=NCC(=O)N(C)C)NCC(C)(C)c1cccc(OC)c1. The van der Waals surface area contributed by atoms with E-state index in [2.05, 4.69) is 42.1 Å². The molecule has 0 saturated heterocycles. The van der Waals surface area contributed by atoms with E-state index in [-0.39, 0.29) is 17.9 Å². The number of benzene rings is 1. The fraction of sp³-hybridized carbons (Fsp3) is 0.474. The van der Waals surface area contributed by atoms with Crippen molar-refractivity contribution < 1.29 is 9.53 Å². The Kier molecular flexibility index (Phi) is 7.98. The van der Waals surface area contributed by atoms with Gasteiger partial charge < -0.3 is 20.3 Å². The molecule has 0 heterocycles. The molecule has 0 radical (unpaired) electrons. The Morgan fingerprint density at radius 3 is 2.68 bits per heavy atom. The molecule has 0 aliphatic heterocycles. The van der Waals surface area contributed by atoms with Crippen LogP contribution in [0.3, 0.4) is 0 Å². The van der Waals surface area contributed by atoms with Crippen LogP contribution in [0.2, 0.25) is 0 Å². The molecule has 0 spiro atoms. The van der Waals surface area contributed by atoms with Gasteiger partial charge in [-0.2, -0.15) is 0 Å². The Hall–Kier alpha value is -2.50. The first-order valence-electron chi connectivity index (χ1n) is 8.28. The van der Waals surface area contributed by atoms with Crippen LogP contribution in [0, 0.1) is 0 Å². The number of likely N-dealkylation sites (N-methyl/N-ethyl adjacent to an activating group) is 1. The van der Waals surface area contributed by atoms with Crippen LogP contribution < -0.4 is 15.4 Å². The van der Waals surface area contributed by atoms with Crippen LogP contribution in [0.4, 0.5) is 0 Å². The van der Waals surface area contributed by atoms with Gasteiger partial charge in [0.15, 0.2) is 5.96 Å². The summed E-state index contributed by atoms with van der Waals surface area (Å²) < 4.78 is 5.31. The average molecular weight is 346 g/mol. The summed E-state index contributed by atoms with van der Waals surface area (Å²) in [5.74, 6) is 1.37. The zero-order valence-electron chi connectivity index (χ0n) is 15.9. The lowest BCUT2D eigenvalue weighted by Gasteiger charge is -2.27. The summed E-state index contributed by atoms with van der Waals surface area (Å²) in [7, 11) is 5.10. The maximum atomic E-state index is 11.7. The first-order chi connectivity index (χ1) is 11.8. The monoisotopic (exact) mass is 346 g/mol. The molecule has 138 valence electrons. The Morgan fingerprint density at radius 1 is 1.36 bits per heavy atom. The predicted molar refractivity (Wildman–Crippen MR) is 103 cm³/mol. The van der Waals surface area contributed by atoms with Crippen molar-refractivity contribution in [3.63, 3.8) is 0 Å². The van der Waals surface area contributed by atoms with E-state index in [9.17, 15) is 4.79 Å². The third-order valence-electron chi connectivity index (χ3n) is 3.83. The van der Waals surface area contributed by atoms with Crippen molar-refractivity contribution in [3.05, 3.63) is 42.5 Å². The lowest BCUT2D eigenvalue weighted by atomic mass is 9.84. The number of nitrogens with zero attached hydrogens (tertiary/aromatic N) is 2. The molecule has 0 fully saturated rings. The van der Waals surface area contributed by atoms with E-state index < -0.39 is 0 Å². The molecule has 6 heteroatoms. The van der Waals surface area contributed by atoms with Crippen LogP contribution >= 0.6 is 0 Å². The number of amides is 1. The van der Waals surface area contributed by atoms with E-state index in [1.54, 1.807) is 27.3 Å². The molecule has 1 aromatic rings. The van der Waals surface area contributed by atoms with Gasteiger partial charge in [-0.25, -0.2) is 4.99 Å². The van der Waals surface area contributed by atoms with Crippen molar-refractivity contribution in [2.75, 3.05) is 40.8 Å². The summed E-state index contributed by atoms with van der Waals surface area (Å²) in [5, 5.41) is 6.44. The van der Waals surface area contributed by atoms with Crippen molar-refractivity contribution in [2.45, 2.75) is 19.3 Å². The summed E-state index contributed by atoms with van der Waals surface area (Å²) >= 11 is 0. The van der Waals surface area contributed by atoms with Crippen molar-refractivity contribution in [2.24, 2.45) is 4.99 Å². The number of guanidine groups is 1. The smallest absolute Gasteiger partial charge is 0.243 e. The zero-order valence-corrected chi connectivity index (χ0v) is 15.9. The van der Waals surface area contributed by atoms with Gasteiger partial charge in [-0.1, -0.05) is 32.1 Å². The number of aliphatic imine (C=N–C) groups is 1. The molecule has 0 aliphatic rings. The molecule has 0 saturated carbocycles. The van der Waals surface area contributed by atoms with Gasteiger partial charge in [0, 0.05) is 32.6 Å². The molecular formula is C19H30N4O2. The Labute approximate surface area is 151 Å². The van der Waals surface area contributed by atoms with E-state index in [0.717, 1.165) is 11.3 Å². The Bertz CT molecular complexity index is 609. The van der Waals surface area contributed by atoms with Crippen LogP contribution in [-0.4, -0.2) is 57.6 Å². The van der Waals surface area contributed by atoms with Gasteiger partial charge in [-0.3, -0.25) is 4.79 Å². The maximum Gasteiger partial charge on any atom is 0.243 e. The summed E-state index contributed by atoms with van der Waals surface area (Å²) in [4.78, 5) is 17.6. The largest absolute Gasteiger partial charge is 0.497 e. The molecule has 6 nitrogen and oxygen atoms in total. The van der Waals surface area contributed by atoms with Crippen molar-refractivity contribution in [1.29, 1.82) is 0 Å². The minimum atomic E-state index is -0.142. The summed E-state index contributed by atoms with van der Waals surface area (Å²) in [5.41, 5.74) is 1.02. The number of nitrogens with one attached hydrogen (secondary N) is 2. The van der Waals surface area contributed by atoms with Crippen molar-refractivity contribution in [3.8, 4) is 5.75 Å². The topological polar surface area (TPSA) is 66.0 Å². The third kappa shape index (κ3) is 6.87. The highest BCUT2D eigenvalue weighted by Crippen LogP contribution is 2.25. The Balaban J connectivity index is 2.80. The summed E-state index contributed by atoms with van der Waals surface area (Å²) in [6, 6.07) is 8.02. The molecule has 1 amide bonds. The second-order valence-corrected chi connectivity index (χ2v) is 6.59. The van der Waals surface area contributed by atoms with Crippen LogP contribution in [0.15, 0.2) is 41.9 Å². The highest BCUT2D eigenvalue weighted by molar-refractivity contribution is 5.84. The first kappa shape index (κ1) is 20.5. The number of rotatable bonds is 8.